The Labute approximate surface area is 128 Å². The van der Waals surface area contributed by atoms with E-state index in [1.165, 1.54) is 7.11 Å². The second-order valence-corrected chi connectivity index (χ2v) is 6.96. The quantitative estimate of drug-likeness (QED) is 0.774. The van der Waals surface area contributed by atoms with Crippen molar-refractivity contribution in [3.8, 4) is 0 Å². The summed E-state index contributed by atoms with van der Waals surface area (Å²) in [6.07, 6.45) is 0.384. The van der Waals surface area contributed by atoms with E-state index in [0.29, 0.717) is 6.42 Å². The molecule has 0 aliphatic carbocycles. The predicted octanol–water partition coefficient (Wildman–Crippen LogP) is 2.08. The molecule has 1 N–H and O–H groups in total. The highest BCUT2D eigenvalue weighted by Gasteiger charge is 2.27. The van der Waals surface area contributed by atoms with Crippen molar-refractivity contribution in [2.75, 3.05) is 13.7 Å². The molecule has 0 aliphatic rings. The van der Waals surface area contributed by atoms with Crippen LogP contribution in [-0.2, 0) is 19.6 Å². The summed E-state index contributed by atoms with van der Waals surface area (Å²) in [5, 5.41) is 0. The molecule has 1 atom stereocenters. The molecular weight excluding hydrogens is 316 g/mol. The number of benzene rings is 1. The molecule has 0 radical (unpaired) electrons. The van der Waals surface area contributed by atoms with Crippen molar-refractivity contribution in [1.82, 2.24) is 4.72 Å². The van der Waals surface area contributed by atoms with Gasteiger partial charge in [0.2, 0.25) is 10.0 Å². The molecule has 1 aromatic carbocycles. The smallest absolute Gasteiger partial charge is 0.309 e. The van der Waals surface area contributed by atoms with Crippen LogP contribution >= 0.6 is 0 Å². The Morgan fingerprint density at radius 2 is 1.82 bits per heavy atom. The monoisotopic (exact) mass is 335 g/mol. The topological polar surface area (TPSA) is 72.5 Å². The van der Waals surface area contributed by atoms with E-state index in [1.807, 2.05) is 13.8 Å². The number of carbonyl (C=O) groups excluding carboxylic acids is 1. The van der Waals surface area contributed by atoms with Crippen molar-refractivity contribution in [3.63, 3.8) is 0 Å². The van der Waals surface area contributed by atoms with Crippen LogP contribution in [0.25, 0.3) is 0 Å². The molecule has 0 spiro atoms. The van der Waals surface area contributed by atoms with E-state index in [-0.39, 0.29) is 12.5 Å². The number of methoxy groups -OCH3 is 1. The largest absolute Gasteiger partial charge is 0.469 e. The van der Waals surface area contributed by atoms with Crippen molar-refractivity contribution in [3.05, 3.63) is 29.8 Å². The number of ether oxygens (including phenoxy) is 1. The first-order chi connectivity index (χ1) is 10.2. The predicted molar refractivity (Wildman–Crippen MR) is 76.5 cm³/mol. The zero-order valence-corrected chi connectivity index (χ0v) is 13.4. The Bertz CT molecular complexity index is 611. The summed E-state index contributed by atoms with van der Waals surface area (Å²) in [5.41, 5.74) is 0. The zero-order valence-electron chi connectivity index (χ0n) is 12.6. The van der Waals surface area contributed by atoms with Gasteiger partial charge in [-0.2, -0.15) is 0 Å². The van der Waals surface area contributed by atoms with Crippen LogP contribution in [0.1, 0.15) is 20.3 Å². The van der Waals surface area contributed by atoms with Crippen LogP contribution in [0.2, 0.25) is 0 Å². The fourth-order valence-corrected chi connectivity index (χ4v) is 3.23. The minimum absolute atomic E-state index is 0.124. The highest BCUT2D eigenvalue weighted by atomic mass is 32.2. The molecule has 0 saturated carbocycles. The third kappa shape index (κ3) is 4.74. The van der Waals surface area contributed by atoms with E-state index < -0.39 is 38.4 Å². The Kier molecular flexibility index (Phi) is 6.43. The van der Waals surface area contributed by atoms with Gasteiger partial charge in [-0.3, -0.25) is 4.79 Å². The molecule has 8 heteroatoms. The standard InChI is InChI=1S/C14H19F2NO4S/c1-9(2)7-10(14(18)21-3)8-17-22(19,20)13-11(15)5-4-6-12(13)16/h4-6,9-10,17H,7-8H2,1-3H3. The normalized spacial score (nSPS) is 13.2. The first kappa shape index (κ1) is 18.5. The molecule has 1 rings (SSSR count). The fourth-order valence-electron chi connectivity index (χ4n) is 2.02. The Balaban J connectivity index is 2.94. The van der Waals surface area contributed by atoms with Gasteiger partial charge in [-0.15, -0.1) is 0 Å². The molecule has 5 nitrogen and oxygen atoms in total. The molecule has 1 unspecified atom stereocenters. The van der Waals surface area contributed by atoms with E-state index in [2.05, 4.69) is 9.46 Å². The molecular formula is C14H19F2NO4S. The first-order valence-corrected chi connectivity index (χ1v) is 8.18. The molecule has 0 saturated heterocycles. The molecule has 0 fully saturated rings. The molecule has 0 bridgehead atoms. The number of carbonyl (C=O) groups is 1. The Morgan fingerprint density at radius 3 is 2.27 bits per heavy atom. The van der Waals surface area contributed by atoms with Gasteiger partial charge in [-0.25, -0.2) is 21.9 Å². The summed E-state index contributed by atoms with van der Waals surface area (Å²) in [7, 11) is -3.21. The van der Waals surface area contributed by atoms with Gasteiger partial charge in [0.25, 0.3) is 0 Å². The average molecular weight is 335 g/mol. The van der Waals surface area contributed by atoms with Gasteiger partial charge < -0.3 is 4.74 Å². The SMILES string of the molecule is COC(=O)C(CNS(=O)(=O)c1c(F)cccc1F)CC(C)C. The summed E-state index contributed by atoms with van der Waals surface area (Å²) < 4.78 is 57.9. The number of halogens is 2. The van der Waals surface area contributed by atoms with Crippen LogP contribution < -0.4 is 4.72 Å². The van der Waals surface area contributed by atoms with Gasteiger partial charge >= 0.3 is 5.97 Å². The van der Waals surface area contributed by atoms with Crippen LogP contribution in [0.4, 0.5) is 8.78 Å². The third-order valence-electron chi connectivity index (χ3n) is 3.00. The molecule has 1 aromatic rings. The summed E-state index contributed by atoms with van der Waals surface area (Å²) in [5.74, 6) is -3.56. The van der Waals surface area contributed by atoms with Crippen LogP contribution in [0.5, 0.6) is 0 Å². The fraction of sp³-hybridized carbons (Fsp3) is 0.500. The van der Waals surface area contributed by atoms with Crippen molar-refractivity contribution < 1.29 is 26.7 Å². The second kappa shape index (κ2) is 7.64. The maximum atomic E-state index is 13.6. The van der Waals surface area contributed by atoms with Crippen molar-refractivity contribution in [2.45, 2.75) is 25.2 Å². The summed E-state index contributed by atoms with van der Waals surface area (Å²) in [6.45, 7) is 3.43. The number of sulfonamides is 1. The Morgan fingerprint density at radius 1 is 1.27 bits per heavy atom. The lowest BCUT2D eigenvalue weighted by molar-refractivity contribution is -0.145. The van der Waals surface area contributed by atoms with Crippen LogP contribution in [0.3, 0.4) is 0 Å². The number of hydrogen-bond donors (Lipinski definition) is 1. The maximum absolute atomic E-state index is 13.6. The lowest BCUT2D eigenvalue weighted by atomic mass is 9.97. The van der Waals surface area contributed by atoms with Crippen molar-refractivity contribution >= 4 is 16.0 Å². The van der Waals surface area contributed by atoms with Gasteiger partial charge in [0.1, 0.15) is 11.6 Å². The van der Waals surface area contributed by atoms with E-state index in [4.69, 9.17) is 0 Å². The van der Waals surface area contributed by atoms with E-state index in [1.54, 1.807) is 0 Å². The van der Waals surface area contributed by atoms with E-state index in [9.17, 15) is 22.0 Å². The average Bonchev–Trinajstić information content (AvgIpc) is 2.41. The summed E-state index contributed by atoms with van der Waals surface area (Å²) >= 11 is 0. The van der Waals surface area contributed by atoms with Crippen LogP contribution in [0, 0.1) is 23.5 Å². The number of esters is 1. The van der Waals surface area contributed by atoms with Crippen LogP contribution in [0.15, 0.2) is 23.1 Å². The highest BCUT2D eigenvalue weighted by molar-refractivity contribution is 7.89. The minimum atomic E-state index is -4.40. The van der Waals surface area contributed by atoms with Gasteiger partial charge in [0, 0.05) is 6.54 Å². The maximum Gasteiger partial charge on any atom is 0.309 e. The van der Waals surface area contributed by atoms with Gasteiger partial charge in [0.05, 0.1) is 13.0 Å². The van der Waals surface area contributed by atoms with Crippen molar-refractivity contribution in [1.29, 1.82) is 0 Å². The van der Waals surface area contributed by atoms with E-state index in [0.717, 1.165) is 18.2 Å². The Hall–Kier alpha value is -1.54. The molecule has 0 aliphatic heterocycles. The molecule has 0 amide bonds. The van der Waals surface area contributed by atoms with Gasteiger partial charge in [0.15, 0.2) is 4.90 Å². The van der Waals surface area contributed by atoms with Crippen molar-refractivity contribution in [2.24, 2.45) is 11.8 Å². The molecule has 22 heavy (non-hydrogen) atoms. The van der Waals surface area contributed by atoms with E-state index >= 15 is 0 Å². The first-order valence-electron chi connectivity index (χ1n) is 6.70. The zero-order chi connectivity index (χ0) is 16.9. The summed E-state index contributed by atoms with van der Waals surface area (Å²) in [6, 6.07) is 2.77. The van der Waals surface area contributed by atoms with Gasteiger partial charge in [-0.1, -0.05) is 19.9 Å². The van der Waals surface area contributed by atoms with Crippen LogP contribution in [-0.4, -0.2) is 28.0 Å². The lowest BCUT2D eigenvalue weighted by Crippen LogP contribution is -2.35. The number of hydrogen-bond acceptors (Lipinski definition) is 4. The third-order valence-corrected chi connectivity index (χ3v) is 4.47. The number of rotatable bonds is 7. The number of nitrogens with one attached hydrogen (secondary N) is 1. The molecule has 0 aromatic heterocycles. The molecule has 0 heterocycles. The summed E-state index contributed by atoms with van der Waals surface area (Å²) in [4.78, 5) is 10.6. The van der Waals surface area contributed by atoms with Gasteiger partial charge in [-0.05, 0) is 24.5 Å². The second-order valence-electron chi connectivity index (χ2n) is 5.25. The lowest BCUT2D eigenvalue weighted by Gasteiger charge is -2.17. The highest BCUT2D eigenvalue weighted by Crippen LogP contribution is 2.19. The molecule has 124 valence electrons. The minimum Gasteiger partial charge on any atom is -0.469 e.